The van der Waals surface area contributed by atoms with E-state index in [9.17, 15) is 24.6 Å². The summed E-state index contributed by atoms with van der Waals surface area (Å²) in [6.45, 7) is 2.56. The minimum atomic E-state index is -1.34. The standard InChI is InChI=1S/C30H30O9/c1-16(36-28(34)24(37-17(2)31)18-7-4-3-5-8-18)27(33)38-22-12-14-30(35)20-9-6-13-29(30)23-19(15-20)10-11-21(32)25(23)39-26(22)29/h3-5,7-8,10-12,16,20,24,26,32,35H,6,9,13-15H2,1-2H3/t16-,20+,24-,26-,29-,30+/m0/s1. The highest BCUT2D eigenvalue weighted by Crippen LogP contribution is 2.67. The molecule has 3 aliphatic carbocycles. The van der Waals surface area contributed by atoms with Gasteiger partial charge < -0.3 is 29.2 Å². The van der Waals surface area contributed by atoms with Gasteiger partial charge in [0.1, 0.15) is 5.76 Å². The minimum absolute atomic E-state index is 0.0184. The number of aromatic hydroxyl groups is 1. The Hall–Kier alpha value is -3.85. The molecule has 2 bridgehead atoms. The van der Waals surface area contributed by atoms with Gasteiger partial charge in [-0.05, 0) is 56.2 Å². The van der Waals surface area contributed by atoms with Gasteiger partial charge in [0.2, 0.25) is 6.10 Å². The van der Waals surface area contributed by atoms with Gasteiger partial charge >= 0.3 is 17.9 Å². The van der Waals surface area contributed by atoms with E-state index in [1.807, 2.05) is 6.07 Å². The highest BCUT2D eigenvalue weighted by Gasteiger charge is 2.70. The molecule has 204 valence electrons. The van der Waals surface area contributed by atoms with Crippen molar-refractivity contribution in [3.63, 3.8) is 0 Å². The first-order valence-corrected chi connectivity index (χ1v) is 13.2. The van der Waals surface area contributed by atoms with Gasteiger partial charge in [0, 0.05) is 18.1 Å². The Morgan fingerprint density at radius 3 is 2.59 bits per heavy atom. The fourth-order valence-corrected chi connectivity index (χ4v) is 7.06. The van der Waals surface area contributed by atoms with Crippen LogP contribution in [0.25, 0.3) is 0 Å². The Kier molecular flexibility index (Phi) is 5.95. The van der Waals surface area contributed by atoms with Gasteiger partial charge in [0.25, 0.3) is 0 Å². The fraction of sp³-hybridized carbons (Fsp3) is 0.433. The summed E-state index contributed by atoms with van der Waals surface area (Å²) in [6, 6.07) is 11.9. The second kappa shape index (κ2) is 9.12. The first-order valence-electron chi connectivity index (χ1n) is 13.2. The van der Waals surface area contributed by atoms with Crippen molar-refractivity contribution >= 4 is 17.9 Å². The Morgan fingerprint density at radius 1 is 1.08 bits per heavy atom. The summed E-state index contributed by atoms with van der Waals surface area (Å²) < 4.78 is 22.6. The highest BCUT2D eigenvalue weighted by molar-refractivity contribution is 5.84. The zero-order chi connectivity index (χ0) is 27.5. The molecule has 0 radical (unpaired) electrons. The van der Waals surface area contributed by atoms with Crippen molar-refractivity contribution in [1.82, 2.24) is 0 Å². The molecule has 2 aromatic rings. The van der Waals surface area contributed by atoms with E-state index in [1.165, 1.54) is 13.8 Å². The van der Waals surface area contributed by atoms with Crippen molar-refractivity contribution in [2.24, 2.45) is 5.92 Å². The van der Waals surface area contributed by atoms with Crippen molar-refractivity contribution < 1.29 is 43.5 Å². The molecular weight excluding hydrogens is 504 g/mol. The van der Waals surface area contributed by atoms with Gasteiger partial charge in [-0.1, -0.05) is 42.8 Å². The van der Waals surface area contributed by atoms with Crippen LogP contribution in [0.1, 0.15) is 62.3 Å². The van der Waals surface area contributed by atoms with E-state index in [0.717, 1.165) is 24.0 Å². The maximum absolute atomic E-state index is 13.2. The lowest BCUT2D eigenvalue weighted by molar-refractivity contribution is -0.179. The number of phenolic OH excluding ortho intramolecular Hbond substituents is 1. The second-order valence-electron chi connectivity index (χ2n) is 10.8. The van der Waals surface area contributed by atoms with Crippen molar-refractivity contribution in [2.45, 2.75) is 75.3 Å². The summed E-state index contributed by atoms with van der Waals surface area (Å²) in [5.74, 6) is -1.87. The lowest BCUT2D eigenvalue weighted by Gasteiger charge is -2.59. The number of hydrogen-bond acceptors (Lipinski definition) is 9. The fourth-order valence-electron chi connectivity index (χ4n) is 7.06. The normalized spacial score (nSPS) is 29.2. The molecule has 0 aromatic heterocycles. The van der Waals surface area contributed by atoms with E-state index >= 15 is 0 Å². The van der Waals surface area contributed by atoms with E-state index in [4.69, 9.17) is 18.9 Å². The van der Waals surface area contributed by atoms with Crippen LogP contribution in [-0.2, 0) is 40.4 Å². The number of benzene rings is 2. The number of phenols is 1. The summed E-state index contributed by atoms with van der Waals surface area (Å²) in [5.41, 5.74) is 0.299. The van der Waals surface area contributed by atoms with E-state index < -0.39 is 47.2 Å². The molecule has 4 aliphatic rings. The van der Waals surface area contributed by atoms with E-state index in [0.29, 0.717) is 24.2 Å². The molecule has 9 heteroatoms. The number of carbonyl (C=O) groups is 3. The highest BCUT2D eigenvalue weighted by atomic mass is 16.6. The molecule has 0 unspecified atom stereocenters. The number of aliphatic hydroxyl groups is 1. The van der Waals surface area contributed by atoms with Gasteiger partial charge in [0.15, 0.2) is 23.7 Å². The largest absolute Gasteiger partial charge is 0.504 e. The van der Waals surface area contributed by atoms with Gasteiger partial charge in [-0.15, -0.1) is 0 Å². The molecule has 0 amide bonds. The lowest BCUT2D eigenvalue weighted by atomic mass is 9.47. The summed E-state index contributed by atoms with van der Waals surface area (Å²) in [4.78, 5) is 37.7. The Bertz CT molecular complexity index is 1380. The second-order valence-corrected chi connectivity index (χ2v) is 10.8. The molecule has 1 spiro atoms. The molecule has 0 saturated heterocycles. The van der Waals surface area contributed by atoms with Crippen LogP contribution in [0.15, 0.2) is 54.3 Å². The van der Waals surface area contributed by atoms with Crippen molar-refractivity contribution in [3.05, 3.63) is 71.0 Å². The monoisotopic (exact) mass is 534 g/mol. The SMILES string of the molecule is CC(=O)O[C@H](C(=O)O[C@@H](C)C(=O)OC1=CC[C@@]2(O)[C@@H]3CCC[C@@]24c2c(ccc(O)c2O[C@@H]14)C3)c1ccccc1. The Morgan fingerprint density at radius 2 is 1.85 bits per heavy atom. The van der Waals surface area contributed by atoms with Gasteiger partial charge in [0.05, 0.1) is 11.0 Å². The minimum Gasteiger partial charge on any atom is -0.504 e. The number of carbonyl (C=O) groups excluding carboxylic acids is 3. The van der Waals surface area contributed by atoms with Crippen LogP contribution in [0.3, 0.4) is 0 Å². The molecule has 6 atom stereocenters. The molecule has 2 aromatic carbocycles. The van der Waals surface area contributed by atoms with Crippen molar-refractivity contribution in [1.29, 1.82) is 0 Å². The first-order chi connectivity index (χ1) is 18.7. The average molecular weight is 535 g/mol. The zero-order valence-corrected chi connectivity index (χ0v) is 21.7. The lowest BCUT2D eigenvalue weighted by Crippen LogP contribution is -2.67. The van der Waals surface area contributed by atoms with Crippen LogP contribution in [0, 0.1) is 5.92 Å². The number of hydrogen-bond donors (Lipinski definition) is 2. The summed E-state index contributed by atoms with van der Waals surface area (Å²) in [6.07, 6.45) is 1.53. The summed E-state index contributed by atoms with van der Waals surface area (Å²) in [7, 11) is 0. The molecule has 2 N–H and O–H groups in total. The van der Waals surface area contributed by atoms with E-state index in [1.54, 1.807) is 42.5 Å². The van der Waals surface area contributed by atoms with Gasteiger partial charge in [-0.25, -0.2) is 9.59 Å². The molecule has 39 heavy (non-hydrogen) atoms. The maximum Gasteiger partial charge on any atom is 0.353 e. The predicted molar refractivity (Wildman–Crippen MR) is 135 cm³/mol. The summed E-state index contributed by atoms with van der Waals surface area (Å²) >= 11 is 0. The van der Waals surface area contributed by atoms with Crippen LogP contribution >= 0.6 is 0 Å². The van der Waals surface area contributed by atoms with E-state index in [-0.39, 0.29) is 23.8 Å². The molecule has 1 heterocycles. The third-order valence-corrected chi connectivity index (χ3v) is 8.71. The van der Waals surface area contributed by atoms with Crippen LogP contribution < -0.4 is 4.74 Å². The Balaban J connectivity index is 1.24. The molecule has 6 rings (SSSR count). The van der Waals surface area contributed by atoms with E-state index in [2.05, 4.69) is 0 Å². The predicted octanol–water partition coefficient (Wildman–Crippen LogP) is 3.55. The molecule has 1 aliphatic heterocycles. The number of ether oxygens (including phenoxy) is 4. The van der Waals surface area contributed by atoms with Crippen LogP contribution in [-0.4, -0.2) is 45.9 Å². The molecule has 1 fully saturated rings. The third kappa shape index (κ3) is 3.74. The van der Waals surface area contributed by atoms with Crippen molar-refractivity contribution in [2.75, 3.05) is 0 Å². The van der Waals surface area contributed by atoms with Crippen LogP contribution in [0.4, 0.5) is 0 Å². The first kappa shape index (κ1) is 25.4. The quantitative estimate of drug-likeness (QED) is 0.422. The summed E-state index contributed by atoms with van der Waals surface area (Å²) in [5, 5.41) is 22.7. The maximum atomic E-state index is 13.2. The number of esters is 3. The topological polar surface area (TPSA) is 129 Å². The van der Waals surface area contributed by atoms with Crippen LogP contribution in [0.5, 0.6) is 11.5 Å². The molecular formula is C30H30O9. The van der Waals surface area contributed by atoms with Gasteiger partial charge in [-0.2, -0.15) is 0 Å². The smallest absolute Gasteiger partial charge is 0.353 e. The molecule has 9 nitrogen and oxygen atoms in total. The van der Waals surface area contributed by atoms with Crippen molar-refractivity contribution in [3.8, 4) is 11.5 Å². The average Bonchev–Trinajstić information content (AvgIpc) is 3.26. The number of rotatable bonds is 6. The third-order valence-electron chi connectivity index (χ3n) is 8.71. The van der Waals surface area contributed by atoms with Crippen LogP contribution in [0.2, 0.25) is 0 Å². The zero-order valence-electron chi connectivity index (χ0n) is 21.7. The Labute approximate surface area is 225 Å². The van der Waals surface area contributed by atoms with Gasteiger partial charge in [-0.3, -0.25) is 4.79 Å². The molecule has 1 saturated carbocycles.